The van der Waals surface area contributed by atoms with E-state index in [0.717, 1.165) is 29.8 Å². The highest BCUT2D eigenvalue weighted by Gasteiger charge is 2.24. The second-order valence-corrected chi connectivity index (χ2v) is 9.86. The van der Waals surface area contributed by atoms with Crippen molar-refractivity contribution in [3.8, 4) is 5.69 Å². The maximum absolute atomic E-state index is 12.9. The highest BCUT2D eigenvalue weighted by atomic mass is 32.2. The smallest absolute Gasteiger partial charge is 0.251 e. The summed E-state index contributed by atoms with van der Waals surface area (Å²) < 4.78 is 29.1. The molecule has 0 saturated heterocycles. The Balaban J connectivity index is 1.61. The van der Waals surface area contributed by atoms with Crippen LogP contribution in [0, 0.1) is 13.8 Å². The van der Waals surface area contributed by atoms with Crippen LogP contribution in [-0.2, 0) is 16.4 Å². The van der Waals surface area contributed by atoms with E-state index in [2.05, 4.69) is 10.4 Å². The molecule has 0 spiro atoms. The van der Waals surface area contributed by atoms with Gasteiger partial charge in [0.1, 0.15) is 0 Å². The Morgan fingerprint density at radius 3 is 2.42 bits per heavy atom. The van der Waals surface area contributed by atoms with Gasteiger partial charge in [-0.05, 0) is 62.1 Å². The number of aromatic nitrogens is 2. The zero-order chi connectivity index (χ0) is 24.0. The molecule has 176 valence electrons. The van der Waals surface area contributed by atoms with Crippen LogP contribution in [0.15, 0.2) is 59.6 Å². The minimum atomic E-state index is -3.63. The molecule has 3 aromatic rings. The first-order valence-corrected chi connectivity index (χ1v) is 12.7. The van der Waals surface area contributed by atoms with Gasteiger partial charge in [-0.25, -0.2) is 13.1 Å². The van der Waals surface area contributed by atoms with Gasteiger partial charge in [-0.2, -0.15) is 9.40 Å². The van der Waals surface area contributed by atoms with Gasteiger partial charge >= 0.3 is 0 Å². The van der Waals surface area contributed by atoms with Gasteiger partial charge in [-0.3, -0.25) is 4.79 Å². The second kappa shape index (κ2) is 10.8. The summed E-state index contributed by atoms with van der Waals surface area (Å²) in [5.41, 5.74) is 4.09. The summed E-state index contributed by atoms with van der Waals surface area (Å²) in [5, 5.41) is 7.49. The molecule has 0 aliphatic rings. The number of rotatable bonds is 10. The number of nitrogens with one attached hydrogen (secondary N) is 1. The van der Waals surface area contributed by atoms with Crippen molar-refractivity contribution in [2.45, 2.75) is 45.4 Å². The van der Waals surface area contributed by atoms with Crippen LogP contribution in [0.2, 0.25) is 0 Å². The second-order valence-electron chi connectivity index (χ2n) is 7.95. The van der Waals surface area contributed by atoms with E-state index < -0.39 is 10.0 Å². The summed E-state index contributed by atoms with van der Waals surface area (Å²) >= 11 is 0. The van der Waals surface area contributed by atoms with Crippen molar-refractivity contribution < 1.29 is 13.2 Å². The molecule has 1 aromatic heterocycles. The molecule has 3 rings (SSSR count). The average Bonchev–Trinajstić information content (AvgIpc) is 3.18. The number of aryl methyl sites for hydroxylation is 3. The van der Waals surface area contributed by atoms with E-state index >= 15 is 0 Å². The standard InChI is InChI=1S/C25H32N4O3S/c1-5-28(6-2)33(31,32)24-17-21(15-14-19(24)3)25(30)26-16-10-11-22-18-29(27-20(22)4)23-12-8-7-9-13-23/h7-9,12-15,17-18H,5-6,10-11,16H2,1-4H3,(H,26,30). The third kappa shape index (κ3) is 5.69. The van der Waals surface area contributed by atoms with E-state index in [1.165, 1.54) is 10.4 Å². The lowest BCUT2D eigenvalue weighted by Gasteiger charge is -2.20. The number of sulfonamides is 1. The number of hydrogen-bond donors (Lipinski definition) is 1. The van der Waals surface area contributed by atoms with Crippen molar-refractivity contribution in [3.63, 3.8) is 0 Å². The molecule has 1 amide bonds. The van der Waals surface area contributed by atoms with Gasteiger partial charge in [0.15, 0.2) is 0 Å². The lowest BCUT2D eigenvalue weighted by molar-refractivity contribution is 0.0953. The molecular weight excluding hydrogens is 436 g/mol. The van der Waals surface area contributed by atoms with Crippen molar-refractivity contribution in [3.05, 3.63) is 77.1 Å². The number of carbonyl (C=O) groups is 1. The van der Waals surface area contributed by atoms with Crippen molar-refractivity contribution in [2.24, 2.45) is 0 Å². The molecule has 0 fully saturated rings. The monoisotopic (exact) mass is 468 g/mol. The Morgan fingerprint density at radius 1 is 1.06 bits per heavy atom. The Labute approximate surface area is 196 Å². The number of carbonyl (C=O) groups excluding carboxylic acids is 1. The molecule has 7 nitrogen and oxygen atoms in total. The molecule has 8 heteroatoms. The van der Waals surface area contributed by atoms with Crippen LogP contribution < -0.4 is 5.32 Å². The minimum Gasteiger partial charge on any atom is -0.352 e. The number of para-hydroxylation sites is 1. The van der Waals surface area contributed by atoms with Gasteiger partial charge in [0, 0.05) is 31.4 Å². The third-order valence-corrected chi connectivity index (χ3v) is 7.90. The van der Waals surface area contributed by atoms with Crippen molar-refractivity contribution in [2.75, 3.05) is 19.6 Å². The molecule has 0 atom stereocenters. The van der Waals surface area contributed by atoms with Crippen LogP contribution in [0.4, 0.5) is 0 Å². The van der Waals surface area contributed by atoms with Crippen LogP contribution in [0.25, 0.3) is 5.69 Å². The number of amides is 1. The van der Waals surface area contributed by atoms with E-state index in [1.54, 1.807) is 32.9 Å². The van der Waals surface area contributed by atoms with E-state index in [0.29, 0.717) is 30.8 Å². The van der Waals surface area contributed by atoms with Gasteiger partial charge in [0.05, 0.1) is 16.3 Å². The number of hydrogen-bond acceptors (Lipinski definition) is 4. The van der Waals surface area contributed by atoms with E-state index in [9.17, 15) is 13.2 Å². The fraction of sp³-hybridized carbons (Fsp3) is 0.360. The first kappa shape index (κ1) is 24.7. The molecule has 33 heavy (non-hydrogen) atoms. The quantitative estimate of drug-likeness (QED) is 0.458. The van der Waals surface area contributed by atoms with Crippen molar-refractivity contribution in [1.82, 2.24) is 19.4 Å². The Hall–Kier alpha value is -2.97. The summed E-state index contributed by atoms with van der Waals surface area (Å²) in [5.74, 6) is -0.275. The maximum atomic E-state index is 12.9. The highest BCUT2D eigenvalue weighted by Crippen LogP contribution is 2.21. The van der Waals surface area contributed by atoms with E-state index in [1.807, 2.05) is 48.1 Å². The van der Waals surface area contributed by atoms with Crippen LogP contribution in [0.5, 0.6) is 0 Å². The van der Waals surface area contributed by atoms with Crippen LogP contribution in [0.1, 0.15) is 47.4 Å². The molecule has 0 bridgehead atoms. The largest absolute Gasteiger partial charge is 0.352 e. The molecule has 0 aliphatic carbocycles. The Bertz CT molecular complexity index is 1200. The summed E-state index contributed by atoms with van der Waals surface area (Å²) in [7, 11) is -3.63. The molecular formula is C25H32N4O3S. The molecule has 0 aliphatic heterocycles. The molecule has 0 saturated carbocycles. The van der Waals surface area contributed by atoms with E-state index in [4.69, 9.17) is 0 Å². The summed E-state index contributed by atoms with van der Waals surface area (Å²) in [6, 6.07) is 14.8. The third-order valence-electron chi connectivity index (χ3n) is 5.70. The van der Waals surface area contributed by atoms with Crippen LogP contribution in [0.3, 0.4) is 0 Å². The highest BCUT2D eigenvalue weighted by molar-refractivity contribution is 7.89. The fourth-order valence-electron chi connectivity index (χ4n) is 3.76. The van der Waals surface area contributed by atoms with Gasteiger partial charge in [0.25, 0.3) is 5.91 Å². The number of nitrogens with zero attached hydrogens (tertiary/aromatic N) is 3. The van der Waals surface area contributed by atoms with Crippen LogP contribution in [-0.4, -0.2) is 48.0 Å². The molecule has 2 aromatic carbocycles. The number of benzene rings is 2. The zero-order valence-electron chi connectivity index (χ0n) is 19.7. The Morgan fingerprint density at radius 2 is 1.76 bits per heavy atom. The predicted molar refractivity (Wildman–Crippen MR) is 130 cm³/mol. The summed E-state index contributed by atoms with van der Waals surface area (Å²) in [6.45, 7) is 8.59. The van der Waals surface area contributed by atoms with Crippen LogP contribution >= 0.6 is 0 Å². The Kier molecular flexibility index (Phi) is 8.05. The summed E-state index contributed by atoms with van der Waals surface area (Å²) in [6.07, 6.45) is 3.56. The van der Waals surface area contributed by atoms with Crippen molar-refractivity contribution in [1.29, 1.82) is 0 Å². The lowest BCUT2D eigenvalue weighted by atomic mass is 10.1. The van der Waals surface area contributed by atoms with Gasteiger partial charge in [-0.1, -0.05) is 38.1 Å². The van der Waals surface area contributed by atoms with Gasteiger partial charge in [-0.15, -0.1) is 0 Å². The zero-order valence-corrected chi connectivity index (χ0v) is 20.5. The van der Waals surface area contributed by atoms with E-state index in [-0.39, 0.29) is 10.8 Å². The molecule has 0 radical (unpaired) electrons. The lowest BCUT2D eigenvalue weighted by Crippen LogP contribution is -2.31. The van der Waals surface area contributed by atoms with Gasteiger partial charge < -0.3 is 5.32 Å². The molecule has 1 N–H and O–H groups in total. The predicted octanol–water partition coefficient (Wildman–Crippen LogP) is 3.88. The first-order chi connectivity index (χ1) is 15.8. The maximum Gasteiger partial charge on any atom is 0.251 e. The van der Waals surface area contributed by atoms with Gasteiger partial charge in [0.2, 0.25) is 10.0 Å². The SMILES string of the molecule is CCN(CC)S(=O)(=O)c1cc(C(=O)NCCCc2cn(-c3ccccc3)nc2C)ccc1C. The molecule has 0 unspecified atom stereocenters. The molecule has 1 heterocycles. The minimum absolute atomic E-state index is 0.183. The van der Waals surface area contributed by atoms with Crippen molar-refractivity contribution >= 4 is 15.9 Å². The average molecular weight is 469 g/mol. The fourth-order valence-corrected chi connectivity index (χ4v) is 5.47. The first-order valence-electron chi connectivity index (χ1n) is 11.3. The topological polar surface area (TPSA) is 84.3 Å². The summed E-state index contributed by atoms with van der Waals surface area (Å²) in [4.78, 5) is 12.9. The normalized spacial score (nSPS) is 11.7.